The highest BCUT2D eigenvalue weighted by molar-refractivity contribution is 6.14. The summed E-state index contributed by atoms with van der Waals surface area (Å²) >= 11 is 0. The molecule has 0 saturated heterocycles. The van der Waals surface area contributed by atoms with Crippen LogP contribution in [-0.2, 0) is 5.41 Å². The minimum absolute atomic E-state index is 0.768. The van der Waals surface area contributed by atoms with E-state index in [1.165, 1.54) is 21.5 Å². The molecule has 0 saturated carbocycles. The van der Waals surface area contributed by atoms with Gasteiger partial charge in [0, 0.05) is 61.8 Å². The summed E-state index contributed by atoms with van der Waals surface area (Å²) in [6, 6.07) is 83.4. The molecule has 8 aromatic carbocycles. The standard InChI is InChI=1S/C61H40N4/c1-3-21-41(22-4-1)61(42-23-5-2-6-24-42)50-32-20-39-62-59(50)58(49-31-19-40-63-60(49)61)57(47-29-11-17-37-55(47)64-51-33-13-7-25-43(51)44-26-8-14-34-52(44)64)48-30-12-18-38-56(48)65-53-35-15-9-27-45(53)46-28-10-16-36-54(46)65/h1-40H. The van der Waals surface area contributed by atoms with Crippen molar-refractivity contribution >= 4 is 54.8 Å². The summed E-state index contributed by atoms with van der Waals surface area (Å²) in [4.78, 5) is 11.0. The van der Waals surface area contributed by atoms with Gasteiger partial charge in [0.1, 0.15) is 0 Å². The maximum absolute atomic E-state index is 5.50. The SMILES string of the molecule is c1ccc(C2(c3ccccc3)c3cccnc3C(=C(c3ccccc3-n3c4ccccc4c4ccccc43)c3ccccc3-n3c4ccccc4c4ccccc43)c3cccnc32)cc1. The highest BCUT2D eigenvalue weighted by Gasteiger charge is 2.48. The molecule has 0 radical (unpaired) electrons. The minimum atomic E-state index is -0.768. The van der Waals surface area contributed by atoms with Gasteiger partial charge in [0.05, 0.1) is 50.2 Å². The fourth-order valence-electron chi connectivity index (χ4n) is 11.0. The summed E-state index contributed by atoms with van der Waals surface area (Å²) < 4.78 is 4.91. The normalized spacial score (nSPS) is 13.0. The highest BCUT2D eigenvalue weighted by atomic mass is 15.0. The van der Waals surface area contributed by atoms with E-state index in [-0.39, 0.29) is 0 Å². The lowest BCUT2D eigenvalue weighted by atomic mass is 9.61. The number of para-hydroxylation sites is 6. The zero-order valence-corrected chi connectivity index (χ0v) is 35.4. The Morgan fingerprint density at radius 2 is 0.754 bits per heavy atom. The van der Waals surface area contributed by atoms with Gasteiger partial charge in [0.15, 0.2) is 0 Å². The third-order valence-corrected chi connectivity index (χ3v) is 13.5. The molecule has 4 aromatic heterocycles. The van der Waals surface area contributed by atoms with E-state index in [0.29, 0.717) is 0 Å². The fraction of sp³-hybridized carbons (Fsp3) is 0.0164. The van der Waals surface area contributed by atoms with Gasteiger partial charge in [0.25, 0.3) is 0 Å². The Morgan fingerprint density at radius 1 is 0.354 bits per heavy atom. The first-order valence-corrected chi connectivity index (χ1v) is 22.3. The van der Waals surface area contributed by atoms with Crippen molar-refractivity contribution in [1.29, 1.82) is 0 Å². The number of nitrogens with zero attached hydrogens (tertiary/aromatic N) is 4. The van der Waals surface area contributed by atoms with E-state index < -0.39 is 5.41 Å². The summed E-state index contributed by atoms with van der Waals surface area (Å²) in [6.45, 7) is 0. The topological polar surface area (TPSA) is 35.6 Å². The molecule has 13 rings (SSSR count). The van der Waals surface area contributed by atoms with Crippen LogP contribution >= 0.6 is 0 Å². The molecule has 0 N–H and O–H groups in total. The van der Waals surface area contributed by atoms with E-state index in [1.54, 1.807) is 0 Å². The van der Waals surface area contributed by atoms with E-state index in [0.717, 1.165) is 89.4 Å². The molecule has 0 atom stereocenters. The molecule has 65 heavy (non-hydrogen) atoms. The minimum Gasteiger partial charge on any atom is -0.309 e. The predicted octanol–water partition coefficient (Wildman–Crippen LogP) is 14.4. The van der Waals surface area contributed by atoms with Crippen LogP contribution in [0.3, 0.4) is 0 Å². The first kappa shape index (κ1) is 37.0. The van der Waals surface area contributed by atoms with Crippen LogP contribution in [0.15, 0.2) is 243 Å². The number of aromatic nitrogens is 4. The van der Waals surface area contributed by atoms with Crippen LogP contribution in [0.2, 0.25) is 0 Å². The molecule has 12 aromatic rings. The second-order valence-electron chi connectivity index (χ2n) is 16.8. The first-order chi connectivity index (χ1) is 32.3. The second kappa shape index (κ2) is 14.8. The average Bonchev–Trinajstić information content (AvgIpc) is 3.90. The van der Waals surface area contributed by atoms with Gasteiger partial charge in [-0.1, -0.05) is 182 Å². The zero-order valence-electron chi connectivity index (χ0n) is 35.4. The average molecular weight is 829 g/mol. The van der Waals surface area contributed by atoms with E-state index >= 15 is 0 Å². The summed E-state index contributed by atoms with van der Waals surface area (Å²) in [5, 5.41) is 4.86. The van der Waals surface area contributed by atoms with Crippen molar-refractivity contribution in [3.63, 3.8) is 0 Å². The van der Waals surface area contributed by atoms with Crippen LogP contribution in [-0.4, -0.2) is 19.1 Å². The quantitative estimate of drug-likeness (QED) is 0.167. The number of rotatable bonds is 6. The van der Waals surface area contributed by atoms with Gasteiger partial charge in [-0.25, -0.2) is 0 Å². The molecular formula is C61H40N4. The lowest BCUT2D eigenvalue weighted by Gasteiger charge is -2.42. The molecule has 0 amide bonds. The third kappa shape index (κ3) is 5.38. The molecule has 0 bridgehead atoms. The molecule has 0 unspecified atom stereocenters. The predicted molar refractivity (Wildman–Crippen MR) is 267 cm³/mol. The van der Waals surface area contributed by atoms with Gasteiger partial charge in [-0.2, -0.15) is 0 Å². The van der Waals surface area contributed by atoms with E-state index in [4.69, 9.17) is 9.97 Å². The molecule has 0 aliphatic heterocycles. The Balaban J connectivity index is 1.23. The van der Waals surface area contributed by atoms with E-state index in [9.17, 15) is 0 Å². The van der Waals surface area contributed by atoms with Crippen LogP contribution in [0.25, 0.3) is 66.1 Å². The Morgan fingerprint density at radius 3 is 1.25 bits per heavy atom. The second-order valence-corrected chi connectivity index (χ2v) is 16.8. The van der Waals surface area contributed by atoms with Gasteiger partial charge >= 0.3 is 0 Å². The molecule has 1 aliphatic rings. The molecule has 1 aliphatic carbocycles. The van der Waals surface area contributed by atoms with Gasteiger partial charge in [-0.05, 0) is 65.2 Å². The van der Waals surface area contributed by atoms with Gasteiger partial charge < -0.3 is 9.13 Å². The van der Waals surface area contributed by atoms with Crippen molar-refractivity contribution < 1.29 is 0 Å². The van der Waals surface area contributed by atoms with Crippen LogP contribution in [0, 0.1) is 0 Å². The van der Waals surface area contributed by atoms with Crippen molar-refractivity contribution in [2.75, 3.05) is 0 Å². The Labute approximate surface area is 376 Å². The summed E-state index contributed by atoms with van der Waals surface area (Å²) in [5.74, 6) is 0. The van der Waals surface area contributed by atoms with Crippen LogP contribution in [0.4, 0.5) is 0 Å². The number of pyridine rings is 2. The van der Waals surface area contributed by atoms with Crippen LogP contribution in [0.1, 0.15) is 44.8 Å². The van der Waals surface area contributed by atoms with E-state index in [2.05, 4.69) is 240 Å². The molecule has 304 valence electrons. The van der Waals surface area contributed by atoms with Crippen LogP contribution < -0.4 is 0 Å². The highest BCUT2D eigenvalue weighted by Crippen LogP contribution is 2.55. The molecule has 4 nitrogen and oxygen atoms in total. The Kier molecular flexibility index (Phi) is 8.40. The van der Waals surface area contributed by atoms with E-state index in [1.807, 2.05) is 12.4 Å². The lowest BCUT2D eigenvalue weighted by Crippen LogP contribution is -2.37. The monoisotopic (exact) mass is 828 g/mol. The Hall–Kier alpha value is -8.60. The number of hydrogen-bond acceptors (Lipinski definition) is 2. The molecular weight excluding hydrogens is 789 g/mol. The van der Waals surface area contributed by atoms with Crippen molar-refractivity contribution in [1.82, 2.24) is 19.1 Å². The molecule has 4 heteroatoms. The maximum atomic E-state index is 5.50. The lowest BCUT2D eigenvalue weighted by molar-refractivity contribution is 0.694. The summed E-state index contributed by atoms with van der Waals surface area (Å²) in [5.41, 5.74) is 16.5. The Bertz CT molecular complexity index is 3480. The van der Waals surface area contributed by atoms with Crippen molar-refractivity contribution in [3.8, 4) is 11.4 Å². The molecule has 0 spiro atoms. The first-order valence-electron chi connectivity index (χ1n) is 22.3. The maximum Gasteiger partial charge on any atom is 0.0901 e. The summed E-state index contributed by atoms with van der Waals surface area (Å²) in [6.07, 6.45) is 3.91. The van der Waals surface area contributed by atoms with Gasteiger partial charge in [-0.15, -0.1) is 0 Å². The molecule has 4 heterocycles. The van der Waals surface area contributed by atoms with Gasteiger partial charge in [0.2, 0.25) is 0 Å². The number of fused-ring (bicyclic) bond motifs is 8. The third-order valence-electron chi connectivity index (χ3n) is 13.5. The zero-order chi connectivity index (χ0) is 42.9. The van der Waals surface area contributed by atoms with Crippen molar-refractivity contribution in [3.05, 3.63) is 288 Å². The van der Waals surface area contributed by atoms with Crippen molar-refractivity contribution in [2.45, 2.75) is 5.41 Å². The van der Waals surface area contributed by atoms with Crippen LogP contribution in [0.5, 0.6) is 0 Å². The summed E-state index contributed by atoms with van der Waals surface area (Å²) in [7, 11) is 0. The van der Waals surface area contributed by atoms with Gasteiger partial charge in [-0.3, -0.25) is 9.97 Å². The van der Waals surface area contributed by atoms with Crippen molar-refractivity contribution in [2.24, 2.45) is 0 Å². The largest absolute Gasteiger partial charge is 0.309 e. The fourth-order valence-corrected chi connectivity index (χ4v) is 11.0. The number of hydrogen-bond donors (Lipinski definition) is 0. The number of benzene rings is 8. The molecule has 0 fully saturated rings. The smallest absolute Gasteiger partial charge is 0.0901 e.